The van der Waals surface area contributed by atoms with Crippen molar-refractivity contribution in [2.45, 2.75) is 19.4 Å². The summed E-state index contributed by atoms with van der Waals surface area (Å²) in [5, 5.41) is 8.77. The predicted molar refractivity (Wildman–Crippen MR) is 49.3 cm³/mol. The molecule has 6 heteroatoms. The Kier molecular flexibility index (Phi) is 3.22. The van der Waals surface area contributed by atoms with Gasteiger partial charge in [0.1, 0.15) is 0 Å². The van der Waals surface area contributed by atoms with Crippen LogP contribution < -0.4 is 11.1 Å². The number of rotatable bonds is 4. The van der Waals surface area contributed by atoms with E-state index < -0.39 is 5.91 Å². The van der Waals surface area contributed by atoms with Crippen molar-refractivity contribution in [2.24, 2.45) is 5.73 Å². The summed E-state index contributed by atoms with van der Waals surface area (Å²) < 4.78 is 0. The van der Waals surface area contributed by atoms with Crippen LogP contribution in [0, 0.1) is 0 Å². The van der Waals surface area contributed by atoms with Crippen LogP contribution in [0.2, 0.25) is 0 Å². The molecule has 14 heavy (non-hydrogen) atoms. The maximum Gasteiger partial charge on any atom is 0.254 e. The number of aromatic amines is 1. The van der Waals surface area contributed by atoms with Crippen molar-refractivity contribution in [1.82, 2.24) is 15.5 Å². The number of primary amides is 1. The molecular formula is C8H12N4O2. The molecule has 2 amide bonds. The smallest absolute Gasteiger partial charge is 0.254 e. The van der Waals surface area contributed by atoms with Gasteiger partial charge >= 0.3 is 0 Å². The van der Waals surface area contributed by atoms with E-state index in [1.807, 2.05) is 0 Å². The van der Waals surface area contributed by atoms with Crippen LogP contribution in [-0.4, -0.2) is 28.1 Å². The minimum atomic E-state index is -0.440. The molecule has 0 saturated carbocycles. The van der Waals surface area contributed by atoms with Crippen LogP contribution in [0.25, 0.3) is 0 Å². The lowest BCUT2D eigenvalue weighted by molar-refractivity contribution is -0.118. The fourth-order valence-electron chi connectivity index (χ4n) is 1.03. The summed E-state index contributed by atoms with van der Waals surface area (Å²) in [6, 6.07) is -0.269. The standard InChI is InChI=1S/C8H12N4O2/c1-5(2-7(9)13)12-8(14)6-3-10-11-4-6/h3-5H,2H2,1H3,(H2,9,13)(H,10,11)(H,12,14). The number of hydrogen-bond acceptors (Lipinski definition) is 3. The van der Waals surface area contributed by atoms with E-state index in [0.29, 0.717) is 5.56 Å². The number of amides is 2. The lowest BCUT2D eigenvalue weighted by Gasteiger charge is -2.10. The van der Waals surface area contributed by atoms with Gasteiger partial charge in [-0.15, -0.1) is 0 Å². The average Bonchev–Trinajstić information content (AvgIpc) is 2.53. The van der Waals surface area contributed by atoms with E-state index in [1.165, 1.54) is 12.4 Å². The molecule has 76 valence electrons. The molecule has 0 spiro atoms. The average molecular weight is 196 g/mol. The molecule has 4 N–H and O–H groups in total. The summed E-state index contributed by atoms with van der Waals surface area (Å²) in [6.45, 7) is 1.71. The Morgan fingerprint density at radius 2 is 2.43 bits per heavy atom. The molecule has 0 fully saturated rings. The molecular weight excluding hydrogens is 184 g/mol. The van der Waals surface area contributed by atoms with Gasteiger partial charge in [0.2, 0.25) is 5.91 Å². The number of carbonyl (C=O) groups is 2. The van der Waals surface area contributed by atoms with E-state index in [9.17, 15) is 9.59 Å². The van der Waals surface area contributed by atoms with Gasteiger partial charge in [0.15, 0.2) is 0 Å². The Bertz CT molecular complexity index is 320. The first kappa shape index (κ1) is 10.2. The maximum absolute atomic E-state index is 11.4. The zero-order valence-electron chi connectivity index (χ0n) is 7.78. The van der Waals surface area contributed by atoms with Gasteiger partial charge in [0.25, 0.3) is 5.91 Å². The molecule has 0 radical (unpaired) electrons. The summed E-state index contributed by atoms with van der Waals surface area (Å²) in [5.41, 5.74) is 5.41. The summed E-state index contributed by atoms with van der Waals surface area (Å²) in [5.74, 6) is -0.711. The first-order valence-corrected chi connectivity index (χ1v) is 4.17. The predicted octanol–water partition coefficient (Wildman–Crippen LogP) is -0.597. The van der Waals surface area contributed by atoms with Crippen molar-refractivity contribution < 1.29 is 9.59 Å². The molecule has 0 bridgehead atoms. The Morgan fingerprint density at radius 3 is 2.93 bits per heavy atom. The highest BCUT2D eigenvalue weighted by molar-refractivity contribution is 5.94. The highest BCUT2D eigenvalue weighted by Gasteiger charge is 2.11. The number of nitrogens with zero attached hydrogens (tertiary/aromatic N) is 1. The van der Waals surface area contributed by atoms with Crippen molar-refractivity contribution in [1.29, 1.82) is 0 Å². The van der Waals surface area contributed by atoms with E-state index in [-0.39, 0.29) is 18.4 Å². The largest absolute Gasteiger partial charge is 0.370 e. The number of H-pyrrole nitrogens is 1. The van der Waals surface area contributed by atoms with Crippen molar-refractivity contribution in [2.75, 3.05) is 0 Å². The summed E-state index contributed by atoms with van der Waals surface area (Å²) in [6.07, 6.45) is 3.02. The van der Waals surface area contributed by atoms with Gasteiger partial charge in [-0.25, -0.2) is 0 Å². The molecule has 0 saturated heterocycles. The Labute approximate surface area is 80.9 Å². The van der Waals surface area contributed by atoms with Crippen LogP contribution in [0.3, 0.4) is 0 Å². The SMILES string of the molecule is CC(CC(N)=O)NC(=O)c1cn[nH]c1. The highest BCUT2D eigenvalue weighted by Crippen LogP contribution is 1.96. The fraction of sp³-hybridized carbons (Fsp3) is 0.375. The van der Waals surface area contributed by atoms with Crippen LogP contribution in [0.5, 0.6) is 0 Å². The minimum absolute atomic E-state index is 0.129. The Hall–Kier alpha value is -1.85. The van der Waals surface area contributed by atoms with Crippen LogP contribution in [0.4, 0.5) is 0 Å². The minimum Gasteiger partial charge on any atom is -0.370 e. The van der Waals surface area contributed by atoms with Crippen LogP contribution in [0.15, 0.2) is 12.4 Å². The molecule has 1 unspecified atom stereocenters. The van der Waals surface area contributed by atoms with Gasteiger partial charge < -0.3 is 11.1 Å². The van der Waals surface area contributed by atoms with Gasteiger partial charge in [-0.2, -0.15) is 5.10 Å². The van der Waals surface area contributed by atoms with Crippen molar-refractivity contribution in [3.8, 4) is 0 Å². The lowest BCUT2D eigenvalue weighted by Crippen LogP contribution is -2.35. The number of nitrogens with two attached hydrogens (primary N) is 1. The number of nitrogens with one attached hydrogen (secondary N) is 2. The second kappa shape index (κ2) is 4.40. The monoisotopic (exact) mass is 196 g/mol. The summed E-state index contributed by atoms with van der Waals surface area (Å²) >= 11 is 0. The first-order chi connectivity index (χ1) is 6.59. The summed E-state index contributed by atoms with van der Waals surface area (Å²) in [4.78, 5) is 21.9. The van der Waals surface area contributed by atoms with E-state index >= 15 is 0 Å². The molecule has 0 aliphatic rings. The number of hydrogen-bond donors (Lipinski definition) is 3. The second-order valence-corrected chi connectivity index (χ2v) is 3.03. The highest BCUT2D eigenvalue weighted by atomic mass is 16.2. The van der Waals surface area contributed by atoms with Gasteiger partial charge in [0, 0.05) is 18.7 Å². The molecule has 0 aliphatic heterocycles. The van der Waals surface area contributed by atoms with Gasteiger partial charge in [-0.05, 0) is 6.92 Å². The second-order valence-electron chi connectivity index (χ2n) is 3.03. The number of aromatic nitrogens is 2. The van der Waals surface area contributed by atoms with Crippen LogP contribution in [-0.2, 0) is 4.79 Å². The normalized spacial score (nSPS) is 12.1. The third-order valence-corrected chi connectivity index (χ3v) is 1.65. The molecule has 1 aromatic heterocycles. The van der Waals surface area contributed by atoms with Crippen LogP contribution in [0.1, 0.15) is 23.7 Å². The quantitative estimate of drug-likeness (QED) is 0.599. The van der Waals surface area contributed by atoms with Gasteiger partial charge in [0.05, 0.1) is 11.8 Å². The maximum atomic E-state index is 11.4. The first-order valence-electron chi connectivity index (χ1n) is 4.17. The van der Waals surface area contributed by atoms with E-state index in [1.54, 1.807) is 6.92 Å². The van der Waals surface area contributed by atoms with Gasteiger partial charge in [-0.1, -0.05) is 0 Å². The fourth-order valence-corrected chi connectivity index (χ4v) is 1.03. The molecule has 1 rings (SSSR count). The summed E-state index contributed by atoms with van der Waals surface area (Å²) in [7, 11) is 0. The van der Waals surface area contributed by atoms with Gasteiger partial charge in [-0.3, -0.25) is 14.7 Å². The molecule has 1 heterocycles. The molecule has 1 atom stereocenters. The molecule has 1 aromatic rings. The zero-order valence-corrected chi connectivity index (χ0v) is 7.78. The lowest BCUT2D eigenvalue weighted by atomic mass is 10.2. The van der Waals surface area contributed by atoms with E-state index in [2.05, 4.69) is 15.5 Å². The van der Waals surface area contributed by atoms with Crippen molar-refractivity contribution in [3.05, 3.63) is 18.0 Å². The Morgan fingerprint density at radius 1 is 1.71 bits per heavy atom. The van der Waals surface area contributed by atoms with Crippen molar-refractivity contribution >= 4 is 11.8 Å². The van der Waals surface area contributed by atoms with E-state index in [4.69, 9.17) is 5.73 Å². The third kappa shape index (κ3) is 2.89. The molecule has 6 nitrogen and oxygen atoms in total. The third-order valence-electron chi connectivity index (χ3n) is 1.65. The van der Waals surface area contributed by atoms with Crippen LogP contribution >= 0.6 is 0 Å². The topological polar surface area (TPSA) is 101 Å². The Balaban J connectivity index is 2.45. The van der Waals surface area contributed by atoms with E-state index in [0.717, 1.165) is 0 Å². The number of carbonyl (C=O) groups excluding carboxylic acids is 2. The zero-order chi connectivity index (χ0) is 10.6. The molecule has 0 aromatic carbocycles. The molecule has 0 aliphatic carbocycles. The van der Waals surface area contributed by atoms with Crippen molar-refractivity contribution in [3.63, 3.8) is 0 Å².